The number of halogens is 1. The van der Waals surface area contributed by atoms with Crippen molar-refractivity contribution in [2.24, 2.45) is 0 Å². The third kappa shape index (κ3) is 7.07. The van der Waals surface area contributed by atoms with E-state index in [0.29, 0.717) is 63.1 Å². The van der Waals surface area contributed by atoms with Gasteiger partial charge in [-0.3, -0.25) is 19.0 Å². The van der Waals surface area contributed by atoms with Crippen molar-refractivity contribution in [3.8, 4) is 23.0 Å². The van der Waals surface area contributed by atoms with Gasteiger partial charge in [0, 0.05) is 23.7 Å². The number of fused-ring (bicyclic) bond motifs is 2. The molecule has 0 radical (unpaired) electrons. The third-order valence-corrected chi connectivity index (χ3v) is 8.59. The van der Waals surface area contributed by atoms with Crippen LogP contribution in [0.3, 0.4) is 0 Å². The van der Waals surface area contributed by atoms with Crippen LogP contribution < -0.4 is 29.8 Å². The summed E-state index contributed by atoms with van der Waals surface area (Å²) < 4.78 is 36.4. The highest BCUT2D eigenvalue weighted by Crippen LogP contribution is 2.35. The van der Waals surface area contributed by atoms with E-state index in [-0.39, 0.29) is 36.3 Å². The number of Topliss-reactive ketones (excluding diaryl/α,β-unsaturated/α-hetero) is 1. The molecular weight excluding hydrogens is 625 g/mol. The van der Waals surface area contributed by atoms with Crippen molar-refractivity contribution in [1.82, 2.24) is 14.9 Å². The fraction of sp³-hybridized carbons (Fsp3) is 0.200. The first-order valence-corrected chi connectivity index (χ1v) is 15.7. The van der Waals surface area contributed by atoms with Crippen LogP contribution in [0.5, 0.6) is 23.0 Å². The Hall–Kier alpha value is -5.36. The summed E-state index contributed by atoms with van der Waals surface area (Å²) in [5, 5.41) is 3.60. The smallest absolute Gasteiger partial charge is 0.262 e. The van der Waals surface area contributed by atoms with E-state index in [1.54, 1.807) is 50.6 Å². The zero-order valence-electron chi connectivity index (χ0n) is 25.6. The second kappa shape index (κ2) is 14.0. The maximum absolute atomic E-state index is 13.8. The van der Waals surface area contributed by atoms with E-state index in [9.17, 15) is 18.8 Å². The summed E-state index contributed by atoms with van der Waals surface area (Å²) in [6.45, 7) is 0.609. The van der Waals surface area contributed by atoms with Gasteiger partial charge < -0.3 is 24.3 Å². The Bertz CT molecular complexity index is 2010. The van der Waals surface area contributed by atoms with Crippen LogP contribution >= 0.6 is 11.8 Å². The normalized spacial score (nSPS) is 11.8. The van der Waals surface area contributed by atoms with Crippen molar-refractivity contribution in [3.05, 3.63) is 117 Å². The lowest BCUT2D eigenvalue weighted by molar-refractivity contribution is 0.0953. The Kier molecular flexibility index (Phi) is 9.39. The molecule has 0 saturated carbocycles. The summed E-state index contributed by atoms with van der Waals surface area (Å²) >= 11 is 1.11. The molecule has 4 aromatic carbocycles. The molecule has 240 valence electrons. The maximum atomic E-state index is 13.8. The van der Waals surface area contributed by atoms with Gasteiger partial charge >= 0.3 is 0 Å². The zero-order chi connectivity index (χ0) is 32.9. The van der Waals surface area contributed by atoms with E-state index in [2.05, 4.69) is 5.32 Å². The van der Waals surface area contributed by atoms with Gasteiger partial charge in [0.15, 0.2) is 33.9 Å². The first-order chi connectivity index (χ1) is 22.8. The highest BCUT2D eigenvalue weighted by molar-refractivity contribution is 7.99. The minimum absolute atomic E-state index is 0.0173. The van der Waals surface area contributed by atoms with E-state index in [1.807, 2.05) is 18.2 Å². The van der Waals surface area contributed by atoms with E-state index in [0.717, 1.165) is 22.9 Å². The van der Waals surface area contributed by atoms with Gasteiger partial charge in [-0.1, -0.05) is 30.0 Å². The molecule has 47 heavy (non-hydrogen) atoms. The summed E-state index contributed by atoms with van der Waals surface area (Å²) in [6.07, 6.45) is 0.604. The molecule has 1 aromatic heterocycles. The number of hydrogen-bond acceptors (Lipinski definition) is 9. The summed E-state index contributed by atoms with van der Waals surface area (Å²) in [6, 6.07) is 21.1. The minimum Gasteiger partial charge on any atom is -0.493 e. The number of carbonyl (C=O) groups is 2. The zero-order valence-corrected chi connectivity index (χ0v) is 26.4. The van der Waals surface area contributed by atoms with E-state index in [4.69, 9.17) is 23.9 Å². The van der Waals surface area contributed by atoms with Crippen molar-refractivity contribution in [2.75, 3.05) is 33.3 Å². The lowest BCUT2D eigenvalue weighted by Gasteiger charge is -2.14. The number of benzene rings is 4. The van der Waals surface area contributed by atoms with Crippen LogP contribution in [0.2, 0.25) is 0 Å². The largest absolute Gasteiger partial charge is 0.493 e. The first kappa shape index (κ1) is 31.6. The van der Waals surface area contributed by atoms with Gasteiger partial charge in [0.2, 0.25) is 6.79 Å². The Balaban J connectivity index is 1.18. The Morgan fingerprint density at radius 2 is 1.57 bits per heavy atom. The van der Waals surface area contributed by atoms with Crippen molar-refractivity contribution in [3.63, 3.8) is 0 Å². The van der Waals surface area contributed by atoms with Crippen LogP contribution in [0.25, 0.3) is 10.9 Å². The molecule has 5 aromatic rings. The van der Waals surface area contributed by atoms with Gasteiger partial charge in [0.25, 0.3) is 11.5 Å². The quantitative estimate of drug-likeness (QED) is 0.109. The topological polar surface area (TPSA) is 118 Å². The number of ketones is 1. The van der Waals surface area contributed by atoms with Gasteiger partial charge in [-0.15, -0.1) is 0 Å². The SMILES string of the molecule is COc1ccc(CCNC(=O)c2ccc(Cn3c(SCC(=O)c4ccc(F)cc4)nc4cc5c(cc4c3=O)OCO5)cc2)cc1OC. The number of methoxy groups -OCH3 is 2. The van der Waals surface area contributed by atoms with E-state index >= 15 is 0 Å². The fourth-order valence-corrected chi connectivity index (χ4v) is 5.99. The van der Waals surface area contributed by atoms with Crippen LogP contribution in [0.1, 0.15) is 31.8 Å². The number of aromatic nitrogens is 2. The molecule has 0 fully saturated rings. The molecule has 12 heteroatoms. The van der Waals surface area contributed by atoms with Gasteiger partial charge in [0.05, 0.1) is 37.4 Å². The maximum Gasteiger partial charge on any atom is 0.262 e. The summed E-state index contributed by atoms with van der Waals surface area (Å²) in [5.41, 5.74) is 2.66. The number of nitrogens with one attached hydrogen (secondary N) is 1. The molecule has 1 amide bonds. The third-order valence-electron chi connectivity index (χ3n) is 7.62. The average Bonchev–Trinajstić information content (AvgIpc) is 3.56. The molecule has 6 rings (SSSR count). The van der Waals surface area contributed by atoms with Gasteiger partial charge in [-0.2, -0.15) is 0 Å². The number of carbonyl (C=O) groups excluding carboxylic acids is 2. The van der Waals surface area contributed by atoms with Crippen molar-refractivity contribution >= 4 is 34.4 Å². The lowest BCUT2D eigenvalue weighted by Crippen LogP contribution is -2.26. The molecule has 2 heterocycles. The molecule has 1 aliphatic heterocycles. The Morgan fingerprint density at radius 3 is 2.30 bits per heavy atom. The van der Waals surface area contributed by atoms with Gasteiger partial charge in [-0.25, -0.2) is 9.37 Å². The standard InChI is InChI=1S/C35H30FN3O7S/c1-43-29-12-5-21(15-30(29)44-2)13-14-37-33(41)24-6-3-22(4-7-24)18-39-34(42)26-16-31-32(46-20-45-31)17-27(26)38-35(39)47-19-28(40)23-8-10-25(36)11-9-23/h3-12,15-17H,13-14,18-20H2,1-2H3,(H,37,41). The van der Waals surface area contributed by atoms with Crippen LogP contribution in [-0.2, 0) is 13.0 Å². The van der Waals surface area contributed by atoms with Gasteiger partial charge in [0.1, 0.15) is 5.82 Å². The molecule has 1 aliphatic rings. The second-order valence-corrected chi connectivity index (χ2v) is 11.6. The van der Waals surface area contributed by atoms with Crippen LogP contribution in [0.15, 0.2) is 88.8 Å². The number of nitrogens with zero attached hydrogens (tertiary/aromatic N) is 2. The molecule has 0 atom stereocenters. The fourth-order valence-electron chi connectivity index (χ4n) is 5.09. The van der Waals surface area contributed by atoms with E-state index < -0.39 is 5.82 Å². The molecule has 0 unspecified atom stereocenters. The van der Waals surface area contributed by atoms with E-state index in [1.165, 1.54) is 28.8 Å². The molecule has 0 aliphatic carbocycles. The lowest BCUT2D eigenvalue weighted by atomic mass is 10.1. The number of rotatable bonds is 12. The molecule has 1 N–H and O–H groups in total. The predicted molar refractivity (Wildman–Crippen MR) is 175 cm³/mol. The monoisotopic (exact) mass is 655 g/mol. The van der Waals surface area contributed by atoms with Gasteiger partial charge in [-0.05, 0) is 72.1 Å². The number of amides is 1. The number of ether oxygens (including phenoxy) is 4. The minimum atomic E-state index is -0.434. The Labute approximate surface area is 273 Å². The second-order valence-electron chi connectivity index (χ2n) is 10.6. The predicted octanol–water partition coefficient (Wildman–Crippen LogP) is 5.28. The van der Waals surface area contributed by atoms with Crippen LogP contribution in [0, 0.1) is 5.82 Å². The first-order valence-electron chi connectivity index (χ1n) is 14.7. The molecule has 0 bridgehead atoms. The Morgan fingerprint density at radius 1 is 0.894 bits per heavy atom. The highest BCUT2D eigenvalue weighted by Gasteiger charge is 2.20. The van der Waals surface area contributed by atoms with Crippen LogP contribution in [-0.4, -0.2) is 54.6 Å². The number of thioether (sulfide) groups is 1. The highest BCUT2D eigenvalue weighted by atomic mass is 32.2. The summed E-state index contributed by atoms with van der Waals surface area (Å²) in [5.74, 6) is 1.29. The molecule has 0 spiro atoms. The summed E-state index contributed by atoms with van der Waals surface area (Å²) in [4.78, 5) is 44.2. The molecular formula is C35H30FN3O7S. The van der Waals surface area contributed by atoms with Crippen molar-refractivity contribution in [2.45, 2.75) is 18.1 Å². The molecule has 0 saturated heterocycles. The van der Waals surface area contributed by atoms with Crippen molar-refractivity contribution < 1.29 is 32.9 Å². The summed E-state index contributed by atoms with van der Waals surface area (Å²) in [7, 11) is 3.15. The molecule has 10 nitrogen and oxygen atoms in total. The van der Waals surface area contributed by atoms with Crippen LogP contribution in [0.4, 0.5) is 4.39 Å². The van der Waals surface area contributed by atoms with Crippen molar-refractivity contribution in [1.29, 1.82) is 0 Å². The average molecular weight is 656 g/mol. The number of hydrogen-bond donors (Lipinski definition) is 1.